The van der Waals surface area contributed by atoms with E-state index in [0.29, 0.717) is 0 Å². The average molecular weight is 227 g/mol. The summed E-state index contributed by atoms with van der Waals surface area (Å²) in [5.74, 6) is -4.64. The van der Waals surface area contributed by atoms with Gasteiger partial charge in [0, 0.05) is 5.56 Å². The third-order valence-corrected chi connectivity index (χ3v) is 2.10. The molecule has 0 amide bonds. The van der Waals surface area contributed by atoms with Crippen LogP contribution in [0.3, 0.4) is 0 Å². The van der Waals surface area contributed by atoms with Crippen LogP contribution in [-0.4, -0.2) is 18.2 Å². The molecule has 16 heavy (non-hydrogen) atoms. The minimum Gasteiger partial charge on any atom is -0.492 e. The van der Waals surface area contributed by atoms with E-state index < -0.39 is 40.0 Å². The van der Waals surface area contributed by atoms with Crippen molar-refractivity contribution in [2.75, 3.05) is 7.11 Å². The quantitative estimate of drug-likeness (QED) is 0.836. The van der Waals surface area contributed by atoms with E-state index in [4.69, 9.17) is 10.4 Å². The second-order valence-electron chi connectivity index (χ2n) is 2.95. The molecule has 0 saturated carbocycles. The number of aromatic carboxylic acids is 1. The van der Waals surface area contributed by atoms with Crippen LogP contribution in [0.2, 0.25) is 0 Å². The molecule has 0 bridgehead atoms. The molecule has 0 aliphatic carbocycles. The Morgan fingerprint density at radius 1 is 1.44 bits per heavy atom. The van der Waals surface area contributed by atoms with Crippen molar-refractivity contribution >= 4 is 5.97 Å². The Hall–Kier alpha value is -2.16. The van der Waals surface area contributed by atoms with Crippen LogP contribution >= 0.6 is 0 Å². The van der Waals surface area contributed by atoms with E-state index >= 15 is 0 Å². The predicted octanol–water partition coefficient (Wildman–Crippen LogP) is 1.85. The zero-order valence-electron chi connectivity index (χ0n) is 8.47. The molecule has 6 heteroatoms. The van der Waals surface area contributed by atoms with E-state index in [1.54, 1.807) is 0 Å². The van der Waals surface area contributed by atoms with Gasteiger partial charge in [-0.15, -0.1) is 0 Å². The van der Waals surface area contributed by atoms with Gasteiger partial charge in [0.2, 0.25) is 0 Å². The van der Waals surface area contributed by atoms with E-state index in [1.807, 2.05) is 0 Å². The normalized spacial score (nSPS) is 9.69. The standard InChI is InChI=1S/C10H7F2NO3/c1-4-6(10(14)15)8(12)9(16-2)5(3-13)7(4)11/h1-2H3,(H,14,15). The van der Waals surface area contributed by atoms with Crippen molar-refractivity contribution in [1.82, 2.24) is 0 Å². The summed E-state index contributed by atoms with van der Waals surface area (Å²) in [5, 5.41) is 17.3. The van der Waals surface area contributed by atoms with Crippen LogP contribution in [0, 0.1) is 29.9 Å². The zero-order chi connectivity index (χ0) is 12.5. The van der Waals surface area contributed by atoms with E-state index in [0.717, 1.165) is 14.0 Å². The molecule has 84 valence electrons. The van der Waals surface area contributed by atoms with Crippen LogP contribution in [0.4, 0.5) is 8.78 Å². The molecule has 1 aromatic carbocycles. The number of halogens is 2. The molecular formula is C10H7F2NO3. The maximum absolute atomic E-state index is 13.6. The Labute approximate surface area is 89.7 Å². The van der Waals surface area contributed by atoms with Crippen LogP contribution in [0.25, 0.3) is 0 Å². The molecule has 0 unspecified atom stereocenters. The second kappa shape index (κ2) is 4.14. The SMILES string of the molecule is COc1c(F)c(C(=O)O)c(C)c(F)c1C#N. The minimum atomic E-state index is -1.61. The first kappa shape index (κ1) is 11.9. The first-order valence-electron chi connectivity index (χ1n) is 4.14. The number of ether oxygens (including phenoxy) is 1. The highest BCUT2D eigenvalue weighted by atomic mass is 19.1. The smallest absolute Gasteiger partial charge is 0.339 e. The fraction of sp³-hybridized carbons (Fsp3) is 0.200. The Morgan fingerprint density at radius 3 is 2.38 bits per heavy atom. The van der Waals surface area contributed by atoms with Gasteiger partial charge in [0.25, 0.3) is 0 Å². The van der Waals surface area contributed by atoms with Gasteiger partial charge in [-0.1, -0.05) is 0 Å². The van der Waals surface area contributed by atoms with Crippen molar-refractivity contribution in [1.29, 1.82) is 5.26 Å². The first-order chi connectivity index (χ1) is 7.45. The number of benzene rings is 1. The molecule has 0 aliphatic heterocycles. The second-order valence-corrected chi connectivity index (χ2v) is 2.95. The van der Waals surface area contributed by atoms with Crippen LogP contribution in [0.15, 0.2) is 0 Å². The molecule has 0 atom stereocenters. The Kier molecular flexibility index (Phi) is 3.09. The highest BCUT2D eigenvalue weighted by Crippen LogP contribution is 2.31. The summed E-state index contributed by atoms with van der Waals surface area (Å²) >= 11 is 0. The van der Waals surface area contributed by atoms with Gasteiger partial charge in [-0.25, -0.2) is 13.6 Å². The Morgan fingerprint density at radius 2 is 2.00 bits per heavy atom. The van der Waals surface area contributed by atoms with Crippen molar-refractivity contribution in [2.24, 2.45) is 0 Å². The highest BCUT2D eigenvalue weighted by Gasteiger charge is 2.26. The molecule has 0 aliphatic rings. The largest absolute Gasteiger partial charge is 0.492 e. The predicted molar refractivity (Wildman–Crippen MR) is 49.3 cm³/mol. The summed E-state index contributed by atoms with van der Waals surface area (Å²) in [6.07, 6.45) is 0. The van der Waals surface area contributed by atoms with Gasteiger partial charge in [-0.3, -0.25) is 0 Å². The molecular weight excluding hydrogens is 220 g/mol. The topological polar surface area (TPSA) is 70.3 Å². The van der Waals surface area contributed by atoms with Gasteiger partial charge in [0.05, 0.1) is 7.11 Å². The van der Waals surface area contributed by atoms with E-state index in [2.05, 4.69) is 4.74 Å². The lowest BCUT2D eigenvalue weighted by atomic mass is 10.0. The summed E-state index contributed by atoms with van der Waals surface area (Å²) in [7, 11) is 1.03. The Bertz CT molecular complexity index is 506. The molecule has 0 fully saturated rings. The third-order valence-electron chi connectivity index (χ3n) is 2.10. The zero-order valence-corrected chi connectivity index (χ0v) is 8.47. The van der Waals surface area contributed by atoms with Crippen LogP contribution in [0.5, 0.6) is 5.75 Å². The Balaban J connectivity index is 3.78. The monoisotopic (exact) mass is 227 g/mol. The molecule has 0 spiro atoms. The number of carbonyl (C=O) groups is 1. The molecule has 1 N–H and O–H groups in total. The number of rotatable bonds is 2. The van der Waals surface area contributed by atoms with Crippen molar-refractivity contribution < 1.29 is 23.4 Å². The summed E-state index contributed by atoms with van der Waals surface area (Å²) in [5.41, 5.74) is -1.89. The number of hydrogen-bond acceptors (Lipinski definition) is 3. The van der Waals surface area contributed by atoms with Crippen molar-refractivity contribution in [3.63, 3.8) is 0 Å². The van der Waals surface area contributed by atoms with E-state index in [9.17, 15) is 13.6 Å². The fourth-order valence-corrected chi connectivity index (χ4v) is 1.33. The molecule has 0 radical (unpaired) electrons. The van der Waals surface area contributed by atoms with Gasteiger partial charge in [-0.05, 0) is 6.92 Å². The molecule has 4 nitrogen and oxygen atoms in total. The van der Waals surface area contributed by atoms with Crippen LogP contribution < -0.4 is 4.74 Å². The number of carboxylic acids is 1. The van der Waals surface area contributed by atoms with Gasteiger partial charge >= 0.3 is 5.97 Å². The van der Waals surface area contributed by atoms with Gasteiger partial charge in [0.1, 0.15) is 23.0 Å². The average Bonchev–Trinajstić information content (AvgIpc) is 2.22. The lowest BCUT2D eigenvalue weighted by molar-refractivity contribution is 0.0689. The number of nitrogens with zero attached hydrogens (tertiary/aromatic N) is 1. The summed E-state index contributed by atoms with van der Waals surface area (Å²) < 4.78 is 31.6. The fourth-order valence-electron chi connectivity index (χ4n) is 1.33. The molecule has 0 heterocycles. The lowest BCUT2D eigenvalue weighted by Crippen LogP contribution is -2.10. The van der Waals surface area contributed by atoms with Crippen molar-refractivity contribution in [2.45, 2.75) is 6.92 Å². The summed E-state index contributed by atoms with van der Waals surface area (Å²) in [6.45, 7) is 1.09. The van der Waals surface area contributed by atoms with Crippen LogP contribution in [-0.2, 0) is 0 Å². The van der Waals surface area contributed by atoms with Gasteiger partial charge in [-0.2, -0.15) is 5.26 Å². The van der Waals surface area contributed by atoms with E-state index in [1.165, 1.54) is 6.07 Å². The number of methoxy groups -OCH3 is 1. The summed E-state index contributed by atoms with van der Waals surface area (Å²) in [6, 6.07) is 1.43. The minimum absolute atomic E-state index is 0.428. The van der Waals surface area contributed by atoms with Gasteiger partial charge in [0.15, 0.2) is 11.6 Å². The third kappa shape index (κ3) is 1.56. The van der Waals surface area contributed by atoms with Crippen molar-refractivity contribution in [3.8, 4) is 11.8 Å². The van der Waals surface area contributed by atoms with Crippen LogP contribution in [0.1, 0.15) is 21.5 Å². The summed E-state index contributed by atoms with van der Waals surface area (Å²) in [4.78, 5) is 10.7. The number of carboxylic acid groups (broad SMARTS) is 1. The highest BCUT2D eigenvalue weighted by molar-refractivity contribution is 5.90. The van der Waals surface area contributed by atoms with Crippen molar-refractivity contribution in [3.05, 3.63) is 28.3 Å². The molecule has 0 saturated heterocycles. The molecule has 1 rings (SSSR count). The maximum atomic E-state index is 13.6. The molecule has 0 aromatic heterocycles. The number of hydrogen-bond donors (Lipinski definition) is 1. The molecule has 1 aromatic rings. The number of nitriles is 1. The maximum Gasteiger partial charge on any atom is 0.339 e. The van der Waals surface area contributed by atoms with E-state index in [-0.39, 0.29) is 0 Å². The lowest BCUT2D eigenvalue weighted by Gasteiger charge is -2.10. The first-order valence-corrected chi connectivity index (χ1v) is 4.14. The van der Waals surface area contributed by atoms with Gasteiger partial charge < -0.3 is 9.84 Å².